The van der Waals surface area contributed by atoms with E-state index in [2.05, 4.69) is 5.32 Å². The van der Waals surface area contributed by atoms with Gasteiger partial charge in [-0.2, -0.15) is 0 Å². The maximum atomic E-state index is 9.97. The first kappa shape index (κ1) is 15.2. The van der Waals surface area contributed by atoms with Crippen LogP contribution in [0.5, 0.6) is 11.5 Å². The van der Waals surface area contributed by atoms with Crippen LogP contribution in [0.4, 0.5) is 5.69 Å². The minimum atomic E-state index is -0.587. The zero-order valence-electron chi connectivity index (χ0n) is 12.4. The molecular formula is C17H21NO3. The second kappa shape index (κ2) is 7.55. The Morgan fingerprint density at radius 3 is 2.71 bits per heavy atom. The van der Waals surface area contributed by atoms with Gasteiger partial charge in [0.2, 0.25) is 0 Å². The van der Waals surface area contributed by atoms with Crippen molar-refractivity contribution < 1.29 is 14.6 Å². The fourth-order valence-electron chi connectivity index (χ4n) is 1.93. The van der Waals surface area contributed by atoms with Crippen molar-refractivity contribution in [2.24, 2.45) is 0 Å². The molecule has 0 saturated carbocycles. The van der Waals surface area contributed by atoms with E-state index in [1.165, 1.54) is 0 Å². The molecule has 112 valence electrons. The molecule has 0 saturated heterocycles. The Bertz CT molecular complexity index is 571. The van der Waals surface area contributed by atoms with Crippen molar-refractivity contribution in [3.63, 3.8) is 0 Å². The molecule has 21 heavy (non-hydrogen) atoms. The molecule has 0 amide bonds. The van der Waals surface area contributed by atoms with E-state index in [4.69, 9.17) is 9.47 Å². The Labute approximate surface area is 125 Å². The van der Waals surface area contributed by atoms with E-state index >= 15 is 0 Å². The molecule has 0 aliphatic rings. The summed E-state index contributed by atoms with van der Waals surface area (Å²) in [5, 5.41) is 13.1. The summed E-state index contributed by atoms with van der Waals surface area (Å²) in [4.78, 5) is 0. The normalized spacial score (nSPS) is 11.8. The highest BCUT2D eigenvalue weighted by atomic mass is 16.5. The molecule has 0 aliphatic heterocycles. The van der Waals surface area contributed by atoms with Crippen LogP contribution in [0.3, 0.4) is 0 Å². The quantitative estimate of drug-likeness (QED) is 0.822. The van der Waals surface area contributed by atoms with Crippen LogP contribution >= 0.6 is 0 Å². The number of aryl methyl sites for hydroxylation is 1. The molecule has 2 rings (SSSR count). The van der Waals surface area contributed by atoms with Crippen molar-refractivity contribution in [2.75, 3.05) is 25.6 Å². The van der Waals surface area contributed by atoms with Crippen LogP contribution in [-0.4, -0.2) is 31.5 Å². The summed E-state index contributed by atoms with van der Waals surface area (Å²) in [6.07, 6.45) is -0.587. The van der Waals surface area contributed by atoms with Crippen molar-refractivity contribution >= 4 is 5.69 Å². The lowest BCUT2D eigenvalue weighted by Crippen LogP contribution is -2.26. The van der Waals surface area contributed by atoms with Gasteiger partial charge in [-0.25, -0.2) is 0 Å². The van der Waals surface area contributed by atoms with E-state index in [-0.39, 0.29) is 6.61 Å². The van der Waals surface area contributed by atoms with Crippen molar-refractivity contribution in [1.82, 2.24) is 0 Å². The van der Waals surface area contributed by atoms with Crippen LogP contribution in [0.25, 0.3) is 0 Å². The Kier molecular flexibility index (Phi) is 5.46. The van der Waals surface area contributed by atoms with E-state index in [9.17, 15) is 5.11 Å². The first-order valence-corrected chi connectivity index (χ1v) is 6.93. The zero-order valence-corrected chi connectivity index (χ0v) is 12.4. The number of methoxy groups -OCH3 is 1. The van der Waals surface area contributed by atoms with E-state index in [0.29, 0.717) is 6.54 Å². The van der Waals surface area contributed by atoms with Crippen molar-refractivity contribution in [3.05, 3.63) is 54.1 Å². The predicted molar refractivity (Wildman–Crippen MR) is 84.2 cm³/mol. The van der Waals surface area contributed by atoms with E-state index in [0.717, 1.165) is 22.7 Å². The number of rotatable bonds is 7. The van der Waals surface area contributed by atoms with E-state index < -0.39 is 6.10 Å². The van der Waals surface area contributed by atoms with Crippen LogP contribution in [0.1, 0.15) is 5.56 Å². The maximum Gasteiger partial charge on any atom is 0.122 e. The lowest BCUT2D eigenvalue weighted by molar-refractivity contribution is 0.117. The third-order valence-electron chi connectivity index (χ3n) is 3.14. The first-order valence-electron chi connectivity index (χ1n) is 6.93. The third-order valence-corrected chi connectivity index (χ3v) is 3.14. The lowest BCUT2D eigenvalue weighted by Gasteiger charge is -2.15. The van der Waals surface area contributed by atoms with Crippen molar-refractivity contribution in [2.45, 2.75) is 13.0 Å². The van der Waals surface area contributed by atoms with Crippen molar-refractivity contribution in [1.29, 1.82) is 0 Å². The van der Waals surface area contributed by atoms with Gasteiger partial charge in [0.15, 0.2) is 0 Å². The Hall–Kier alpha value is -2.20. The maximum absolute atomic E-state index is 9.97. The molecule has 0 spiro atoms. The standard InChI is InChI=1S/C17H21NO3/c1-13-6-3-4-9-17(13)21-12-15(19)11-18-14-7-5-8-16(10-14)20-2/h3-10,15,18-19H,11-12H2,1-2H3. The van der Waals surface area contributed by atoms with Gasteiger partial charge in [-0.15, -0.1) is 0 Å². The smallest absolute Gasteiger partial charge is 0.122 e. The highest BCUT2D eigenvalue weighted by molar-refractivity contribution is 5.48. The summed E-state index contributed by atoms with van der Waals surface area (Å²) in [6.45, 7) is 2.65. The number of hydrogen-bond acceptors (Lipinski definition) is 4. The van der Waals surface area contributed by atoms with Gasteiger partial charge in [0.05, 0.1) is 7.11 Å². The van der Waals surface area contributed by atoms with Crippen LogP contribution in [0.15, 0.2) is 48.5 Å². The number of anilines is 1. The minimum absolute atomic E-state index is 0.252. The van der Waals surface area contributed by atoms with Crippen LogP contribution in [0.2, 0.25) is 0 Å². The van der Waals surface area contributed by atoms with Crippen molar-refractivity contribution in [3.8, 4) is 11.5 Å². The van der Waals surface area contributed by atoms with E-state index in [1.807, 2.05) is 55.5 Å². The third kappa shape index (κ3) is 4.68. The monoisotopic (exact) mass is 287 g/mol. The number of hydrogen-bond donors (Lipinski definition) is 2. The molecule has 1 atom stereocenters. The van der Waals surface area contributed by atoms with Gasteiger partial charge in [-0.3, -0.25) is 0 Å². The van der Waals surface area contributed by atoms with Gasteiger partial charge >= 0.3 is 0 Å². The second-order valence-electron chi connectivity index (χ2n) is 4.84. The summed E-state index contributed by atoms with van der Waals surface area (Å²) >= 11 is 0. The summed E-state index contributed by atoms with van der Waals surface area (Å²) < 4.78 is 10.8. The molecule has 4 nitrogen and oxygen atoms in total. The number of nitrogens with one attached hydrogen (secondary N) is 1. The number of aliphatic hydroxyl groups is 1. The number of benzene rings is 2. The Morgan fingerprint density at radius 1 is 1.14 bits per heavy atom. The largest absolute Gasteiger partial charge is 0.497 e. The molecule has 1 unspecified atom stereocenters. The number of aliphatic hydroxyl groups excluding tert-OH is 1. The molecular weight excluding hydrogens is 266 g/mol. The number of ether oxygens (including phenoxy) is 2. The molecule has 2 aromatic carbocycles. The summed E-state index contributed by atoms with van der Waals surface area (Å²) in [6, 6.07) is 15.4. The second-order valence-corrected chi connectivity index (χ2v) is 4.84. The van der Waals surface area contributed by atoms with E-state index in [1.54, 1.807) is 7.11 Å². The Morgan fingerprint density at radius 2 is 1.95 bits per heavy atom. The molecule has 2 N–H and O–H groups in total. The molecule has 0 radical (unpaired) electrons. The summed E-state index contributed by atoms with van der Waals surface area (Å²) in [5.74, 6) is 1.59. The van der Waals surface area contributed by atoms with Crippen LogP contribution in [0, 0.1) is 6.92 Å². The molecule has 4 heteroatoms. The SMILES string of the molecule is COc1cccc(NCC(O)COc2ccccc2C)c1. The number of para-hydroxylation sites is 1. The fourth-order valence-corrected chi connectivity index (χ4v) is 1.93. The topological polar surface area (TPSA) is 50.7 Å². The molecule has 0 aliphatic carbocycles. The first-order chi connectivity index (χ1) is 10.2. The predicted octanol–water partition coefficient (Wildman–Crippen LogP) is 2.86. The molecule has 0 fully saturated rings. The van der Waals surface area contributed by atoms with Gasteiger partial charge in [0.1, 0.15) is 24.2 Å². The van der Waals surface area contributed by atoms with Gasteiger partial charge in [0.25, 0.3) is 0 Å². The average molecular weight is 287 g/mol. The van der Waals surface area contributed by atoms with Gasteiger partial charge in [-0.1, -0.05) is 24.3 Å². The van der Waals surface area contributed by atoms with Gasteiger partial charge in [-0.05, 0) is 30.7 Å². The zero-order chi connectivity index (χ0) is 15.1. The van der Waals surface area contributed by atoms with Crippen LogP contribution < -0.4 is 14.8 Å². The highest BCUT2D eigenvalue weighted by Gasteiger charge is 2.06. The molecule has 2 aromatic rings. The fraction of sp³-hybridized carbons (Fsp3) is 0.294. The molecule has 0 heterocycles. The van der Waals surface area contributed by atoms with Gasteiger partial charge < -0.3 is 19.9 Å². The lowest BCUT2D eigenvalue weighted by atomic mass is 10.2. The minimum Gasteiger partial charge on any atom is -0.497 e. The summed E-state index contributed by atoms with van der Waals surface area (Å²) in [7, 11) is 1.63. The van der Waals surface area contributed by atoms with Crippen LogP contribution in [-0.2, 0) is 0 Å². The molecule has 0 aromatic heterocycles. The highest BCUT2D eigenvalue weighted by Crippen LogP contribution is 2.18. The van der Waals surface area contributed by atoms with Gasteiger partial charge in [0, 0.05) is 18.3 Å². The molecule has 0 bridgehead atoms. The summed E-state index contributed by atoms with van der Waals surface area (Å²) in [5.41, 5.74) is 1.97. The average Bonchev–Trinajstić information content (AvgIpc) is 2.52. The Balaban J connectivity index is 1.79.